The van der Waals surface area contributed by atoms with E-state index in [2.05, 4.69) is 0 Å². The third-order valence-corrected chi connectivity index (χ3v) is 7.35. The van der Waals surface area contributed by atoms with Crippen LogP contribution in [0.25, 0.3) is 0 Å². The van der Waals surface area contributed by atoms with Gasteiger partial charge >= 0.3 is 5.97 Å². The zero-order valence-electron chi connectivity index (χ0n) is 19.0. The van der Waals surface area contributed by atoms with Gasteiger partial charge in [-0.2, -0.15) is 4.31 Å². The largest absolute Gasteiger partial charge is 0.486 e. The molecule has 0 spiro atoms. The van der Waals surface area contributed by atoms with Crippen molar-refractivity contribution < 1.29 is 27.4 Å². The Morgan fingerprint density at radius 3 is 2.26 bits per heavy atom. The van der Waals surface area contributed by atoms with Crippen molar-refractivity contribution >= 4 is 16.0 Å². The van der Waals surface area contributed by atoms with Crippen molar-refractivity contribution in [3.63, 3.8) is 0 Å². The predicted octanol–water partition coefficient (Wildman–Crippen LogP) is 3.95. The monoisotopic (exact) mass is 481 g/mol. The molecule has 1 aliphatic rings. The third-order valence-electron chi connectivity index (χ3n) is 5.54. The first-order valence-corrected chi connectivity index (χ1v) is 12.5. The zero-order chi connectivity index (χ0) is 24.0. The summed E-state index contributed by atoms with van der Waals surface area (Å²) in [6.07, 6.45) is 0.789. The minimum atomic E-state index is -3.77. The number of rotatable bonds is 9. The number of carbonyl (C=O) groups is 1. The van der Waals surface area contributed by atoms with E-state index in [1.807, 2.05) is 42.5 Å². The molecule has 0 radical (unpaired) electrons. The number of hydrogen-bond acceptors (Lipinski definition) is 6. The zero-order valence-corrected chi connectivity index (χ0v) is 19.8. The van der Waals surface area contributed by atoms with Crippen LogP contribution in [0.15, 0.2) is 77.7 Å². The fourth-order valence-electron chi connectivity index (χ4n) is 3.79. The number of fused-ring (bicyclic) bond motifs is 1. The molecular weight excluding hydrogens is 454 g/mol. The van der Waals surface area contributed by atoms with Gasteiger partial charge in [0.05, 0.1) is 12.0 Å². The summed E-state index contributed by atoms with van der Waals surface area (Å²) in [6.45, 7) is 1.30. The maximum absolute atomic E-state index is 13.6. The number of benzene rings is 3. The van der Waals surface area contributed by atoms with Gasteiger partial charge in [0.2, 0.25) is 10.0 Å². The Hall–Kier alpha value is -3.36. The van der Waals surface area contributed by atoms with Gasteiger partial charge in [-0.25, -0.2) is 8.42 Å². The molecule has 3 aromatic carbocycles. The van der Waals surface area contributed by atoms with Crippen LogP contribution in [0.1, 0.15) is 23.1 Å². The number of aryl methyl sites for hydroxylation is 1. The first-order valence-electron chi connectivity index (χ1n) is 11.0. The molecule has 7 nitrogen and oxygen atoms in total. The van der Waals surface area contributed by atoms with E-state index in [0.29, 0.717) is 31.1 Å². The van der Waals surface area contributed by atoms with E-state index >= 15 is 0 Å². The van der Waals surface area contributed by atoms with Gasteiger partial charge in [-0.15, -0.1) is 0 Å². The van der Waals surface area contributed by atoms with Gasteiger partial charge in [0.25, 0.3) is 0 Å². The van der Waals surface area contributed by atoms with Crippen molar-refractivity contribution in [1.82, 2.24) is 4.31 Å². The second-order valence-electron chi connectivity index (χ2n) is 7.96. The van der Waals surface area contributed by atoms with Crippen molar-refractivity contribution in [3.05, 3.63) is 89.5 Å². The van der Waals surface area contributed by atoms with Crippen LogP contribution < -0.4 is 9.47 Å². The first kappa shape index (κ1) is 23.8. The normalized spacial score (nSPS) is 13.0. The lowest BCUT2D eigenvalue weighted by molar-refractivity contribution is -0.140. The van der Waals surface area contributed by atoms with Crippen LogP contribution in [-0.2, 0) is 39.1 Å². The minimum absolute atomic E-state index is 0.167. The van der Waals surface area contributed by atoms with E-state index in [-0.39, 0.29) is 30.4 Å². The number of hydrogen-bond donors (Lipinski definition) is 0. The first-order chi connectivity index (χ1) is 16.5. The minimum Gasteiger partial charge on any atom is -0.486 e. The van der Waals surface area contributed by atoms with Crippen LogP contribution in [0.2, 0.25) is 0 Å². The summed E-state index contributed by atoms with van der Waals surface area (Å²) in [5.74, 6) is 0.994. The van der Waals surface area contributed by atoms with Gasteiger partial charge in [0, 0.05) is 19.5 Å². The van der Waals surface area contributed by atoms with Crippen molar-refractivity contribution in [2.45, 2.75) is 30.8 Å². The molecule has 0 bridgehead atoms. The molecule has 0 saturated carbocycles. The molecule has 0 aliphatic carbocycles. The number of nitrogens with zero attached hydrogens (tertiary/aromatic N) is 1. The number of methoxy groups -OCH3 is 1. The molecule has 0 unspecified atom stereocenters. The Labute approximate surface area is 199 Å². The Bertz CT molecular complexity index is 1240. The molecule has 8 heteroatoms. The summed E-state index contributed by atoms with van der Waals surface area (Å²) in [4.78, 5) is 11.7. The SMILES string of the molecule is COC(=O)CCc1cccc(CN(Cc2ccc3c(c2)OCCO3)S(=O)(=O)c2ccccc2)c1. The molecule has 0 fully saturated rings. The summed E-state index contributed by atoms with van der Waals surface area (Å²) in [6, 6.07) is 21.5. The molecule has 178 valence electrons. The number of sulfonamides is 1. The summed E-state index contributed by atoms with van der Waals surface area (Å²) in [5.41, 5.74) is 2.57. The Kier molecular flexibility index (Phi) is 7.49. The fraction of sp³-hybridized carbons (Fsp3) is 0.269. The van der Waals surface area contributed by atoms with Crippen molar-refractivity contribution in [1.29, 1.82) is 0 Å². The smallest absolute Gasteiger partial charge is 0.305 e. The summed E-state index contributed by atoms with van der Waals surface area (Å²) >= 11 is 0. The van der Waals surface area contributed by atoms with Crippen molar-refractivity contribution in [2.75, 3.05) is 20.3 Å². The summed E-state index contributed by atoms with van der Waals surface area (Å²) in [7, 11) is -2.41. The fourth-order valence-corrected chi connectivity index (χ4v) is 5.23. The van der Waals surface area contributed by atoms with Gasteiger partial charge in [0.1, 0.15) is 13.2 Å². The van der Waals surface area contributed by atoms with Gasteiger partial charge in [0.15, 0.2) is 11.5 Å². The predicted molar refractivity (Wildman–Crippen MR) is 127 cm³/mol. The molecule has 0 aromatic heterocycles. The van der Waals surface area contributed by atoms with E-state index in [1.165, 1.54) is 11.4 Å². The molecule has 3 aromatic rings. The lowest BCUT2D eigenvalue weighted by Gasteiger charge is -2.24. The van der Waals surface area contributed by atoms with E-state index in [0.717, 1.165) is 16.7 Å². The average molecular weight is 482 g/mol. The number of carbonyl (C=O) groups excluding carboxylic acids is 1. The molecule has 4 rings (SSSR count). The molecule has 0 N–H and O–H groups in total. The van der Waals surface area contributed by atoms with Crippen LogP contribution in [0.3, 0.4) is 0 Å². The Morgan fingerprint density at radius 2 is 1.53 bits per heavy atom. The van der Waals surface area contributed by atoms with Gasteiger partial charge in [-0.05, 0) is 47.4 Å². The highest BCUT2D eigenvalue weighted by Crippen LogP contribution is 2.32. The summed E-state index contributed by atoms with van der Waals surface area (Å²) in [5, 5.41) is 0. The maximum atomic E-state index is 13.6. The van der Waals surface area contributed by atoms with Crippen LogP contribution in [-0.4, -0.2) is 39.0 Å². The second-order valence-corrected chi connectivity index (χ2v) is 9.90. The molecule has 0 saturated heterocycles. The second kappa shape index (κ2) is 10.7. The lowest BCUT2D eigenvalue weighted by Crippen LogP contribution is -2.30. The average Bonchev–Trinajstić information content (AvgIpc) is 2.87. The van der Waals surface area contributed by atoms with E-state index < -0.39 is 10.0 Å². The molecule has 0 atom stereocenters. The molecule has 34 heavy (non-hydrogen) atoms. The highest BCUT2D eigenvalue weighted by Gasteiger charge is 2.25. The van der Waals surface area contributed by atoms with E-state index in [4.69, 9.17) is 14.2 Å². The Morgan fingerprint density at radius 1 is 0.853 bits per heavy atom. The van der Waals surface area contributed by atoms with Gasteiger partial charge < -0.3 is 14.2 Å². The van der Waals surface area contributed by atoms with Gasteiger partial charge in [-0.3, -0.25) is 4.79 Å². The topological polar surface area (TPSA) is 82.1 Å². The lowest BCUT2D eigenvalue weighted by atomic mass is 10.1. The molecule has 1 aliphatic heterocycles. The number of esters is 1. The van der Waals surface area contributed by atoms with Crippen molar-refractivity contribution in [3.8, 4) is 11.5 Å². The number of ether oxygens (including phenoxy) is 3. The van der Waals surface area contributed by atoms with Crippen LogP contribution in [0.4, 0.5) is 0 Å². The standard InChI is InChI=1S/C26H27NO6S/c1-31-26(28)13-11-20-6-5-7-21(16-20)18-27(34(29,30)23-8-3-2-4-9-23)19-22-10-12-24-25(17-22)33-15-14-32-24/h2-10,12,16-17H,11,13-15,18-19H2,1H3. The van der Waals surface area contributed by atoms with Gasteiger partial charge in [-0.1, -0.05) is 48.5 Å². The van der Waals surface area contributed by atoms with Crippen LogP contribution >= 0.6 is 0 Å². The quantitative estimate of drug-likeness (QED) is 0.431. The highest BCUT2D eigenvalue weighted by molar-refractivity contribution is 7.89. The van der Waals surface area contributed by atoms with Crippen LogP contribution in [0, 0.1) is 0 Å². The van der Waals surface area contributed by atoms with E-state index in [1.54, 1.807) is 30.3 Å². The Balaban J connectivity index is 1.61. The maximum Gasteiger partial charge on any atom is 0.305 e. The van der Waals surface area contributed by atoms with Crippen molar-refractivity contribution in [2.24, 2.45) is 0 Å². The molecule has 0 amide bonds. The highest BCUT2D eigenvalue weighted by atomic mass is 32.2. The molecule has 1 heterocycles. The summed E-state index contributed by atoms with van der Waals surface area (Å²) < 4.78 is 44.6. The molecular formula is C26H27NO6S. The van der Waals surface area contributed by atoms with E-state index in [9.17, 15) is 13.2 Å². The van der Waals surface area contributed by atoms with Crippen LogP contribution in [0.5, 0.6) is 11.5 Å². The third kappa shape index (κ3) is 5.76.